The highest BCUT2D eigenvalue weighted by molar-refractivity contribution is 6.75. The van der Waals surface area contributed by atoms with Crippen molar-refractivity contribution < 1.29 is 13.3 Å². The summed E-state index contributed by atoms with van der Waals surface area (Å²) in [5.74, 6) is 7.18. The lowest BCUT2D eigenvalue weighted by Gasteiger charge is -2.27. The van der Waals surface area contributed by atoms with Crippen molar-refractivity contribution in [3.63, 3.8) is 0 Å². The topological polar surface area (TPSA) is 27.7 Å². The van der Waals surface area contributed by atoms with Crippen LogP contribution >= 0.6 is 0 Å². The van der Waals surface area contributed by atoms with Crippen LogP contribution in [0.1, 0.15) is 0 Å². The Balaban J connectivity index is 3.06. The molecule has 0 aliphatic rings. The first-order chi connectivity index (χ1) is 9.29. The molecule has 0 spiro atoms. The molecule has 0 atom stereocenters. The van der Waals surface area contributed by atoms with Gasteiger partial charge in [0.15, 0.2) is 0 Å². The Labute approximate surface area is 115 Å². The van der Waals surface area contributed by atoms with E-state index in [0.29, 0.717) is 0 Å². The van der Waals surface area contributed by atoms with Gasteiger partial charge in [0.2, 0.25) is 0 Å². The van der Waals surface area contributed by atoms with Crippen molar-refractivity contribution in [1.29, 1.82) is 0 Å². The van der Waals surface area contributed by atoms with Gasteiger partial charge in [-0.1, -0.05) is 48.1 Å². The summed E-state index contributed by atoms with van der Waals surface area (Å²) in [4.78, 5) is 0. The Hall–Kier alpha value is -2.00. The molecule has 0 bridgehead atoms. The van der Waals surface area contributed by atoms with Crippen LogP contribution in [-0.4, -0.2) is 28.6 Å². The molecule has 96 valence electrons. The maximum Gasteiger partial charge on any atom is 0.539 e. The first-order valence-corrected chi connectivity index (χ1v) is 7.29. The minimum Gasteiger partial charge on any atom is -0.358 e. The molecule has 3 nitrogen and oxygen atoms in total. The molecule has 0 N–H and O–H groups in total. The highest BCUT2D eigenvalue weighted by Crippen LogP contribution is 2.10. The van der Waals surface area contributed by atoms with Gasteiger partial charge < -0.3 is 13.3 Å². The fraction of sp³-hybridized carbons (Fsp3) is 0.200. The van der Waals surface area contributed by atoms with E-state index in [9.17, 15) is 0 Å². The van der Waals surface area contributed by atoms with E-state index in [4.69, 9.17) is 32.5 Å². The van der Waals surface area contributed by atoms with Crippen molar-refractivity contribution in [1.82, 2.24) is 0 Å². The summed E-state index contributed by atoms with van der Waals surface area (Å²) in [6, 6.07) is 9.28. The largest absolute Gasteiger partial charge is 0.539 e. The molecular weight excluding hydrogens is 256 g/mol. The van der Waals surface area contributed by atoms with Gasteiger partial charge in [-0.25, -0.2) is 0 Å². The molecule has 0 radical (unpaired) electrons. The van der Waals surface area contributed by atoms with Crippen molar-refractivity contribution in [3.05, 3.63) is 30.3 Å². The fourth-order valence-corrected chi connectivity index (χ4v) is 3.60. The molecule has 0 aliphatic carbocycles. The van der Waals surface area contributed by atoms with Crippen LogP contribution in [0.2, 0.25) is 0 Å². The van der Waals surface area contributed by atoms with E-state index >= 15 is 0 Å². The molecule has 0 heterocycles. The lowest BCUT2D eigenvalue weighted by atomic mass is 10.4. The second-order valence-electron chi connectivity index (χ2n) is 3.40. The normalized spacial score (nSPS) is 10.2. The molecule has 1 aromatic carbocycles. The number of hydrogen-bond acceptors (Lipinski definition) is 3. The van der Waals surface area contributed by atoms with E-state index in [0.717, 1.165) is 5.19 Å². The molecule has 1 aromatic rings. The SMILES string of the molecule is C#CCO[Si](OCC#C)(OCC#C)c1ccccc1. The van der Waals surface area contributed by atoms with Crippen LogP contribution in [0.15, 0.2) is 30.3 Å². The van der Waals surface area contributed by atoms with E-state index in [1.165, 1.54) is 0 Å². The summed E-state index contributed by atoms with van der Waals surface area (Å²) in [6.45, 7) is 0.197. The summed E-state index contributed by atoms with van der Waals surface area (Å²) < 4.78 is 16.9. The average Bonchev–Trinajstić information content (AvgIpc) is 2.48. The summed E-state index contributed by atoms with van der Waals surface area (Å²) in [6.07, 6.45) is 15.7. The predicted molar refractivity (Wildman–Crippen MR) is 76.2 cm³/mol. The number of rotatable bonds is 7. The molecule has 0 aromatic heterocycles. The van der Waals surface area contributed by atoms with Crippen LogP contribution < -0.4 is 5.19 Å². The lowest BCUT2D eigenvalue weighted by Crippen LogP contribution is -2.57. The molecule has 4 heteroatoms. The van der Waals surface area contributed by atoms with E-state index < -0.39 is 8.80 Å². The van der Waals surface area contributed by atoms with E-state index in [1.54, 1.807) is 0 Å². The van der Waals surface area contributed by atoms with Crippen LogP contribution in [0.4, 0.5) is 0 Å². The molecule has 0 unspecified atom stereocenters. The van der Waals surface area contributed by atoms with Crippen molar-refractivity contribution in [2.45, 2.75) is 0 Å². The summed E-state index contributed by atoms with van der Waals surface area (Å²) in [7, 11) is -3.16. The van der Waals surface area contributed by atoms with Gasteiger partial charge >= 0.3 is 8.80 Å². The Kier molecular flexibility index (Phi) is 6.47. The Morgan fingerprint density at radius 3 is 1.58 bits per heavy atom. The molecule has 1 rings (SSSR count). The third-order valence-electron chi connectivity index (χ3n) is 2.16. The number of hydrogen-bond donors (Lipinski definition) is 0. The highest BCUT2D eigenvalue weighted by Gasteiger charge is 2.43. The van der Waals surface area contributed by atoms with E-state index in [2.05, 4.69) is 17.8 Å². The molecular formula is C15H14O3Si. The van der Waals surface area contributed by atoms with Gasteiger partial charge in [0.05, 0.1) is 0 Å². The lowest BCUT2D eigenvalue weighted by molar-refractivity contribution is 0.106. The molecule has 0 amide bonds. The van der Waals surface area contributed by atoms with E-state index in [-0.39, 0.29) is 19.8 Å². The molecule has 0 saturated heterocycles. The van der Waals surface area contributed by atoms with E-state index in [1.807, 2.05) is 30.3 Å². The van der Waals surface area contributed by atoms with Crippen molar-refractivity contribution in [2.75, 3.05) is 19.8 Å². The van der Waals surface area contributed by atoms with Crippen LogP contribution in [0.3, 0.4) is 0 Å². The second kappa shape index (κ2) is 8.16. The Morgan fingerprint density at radius 1 is 0.789 bits per heavy atom. The van der Waals surface area contributed by atoms with Gasteiger partial charge in [-0.3, -0.25) is 0 Å². The maximum absolute atomic E-state index is 5.64. The molecule has 19 heavy (non-hydrogen) atoms. The zero-order valence-corrected chi connectivity index (χ0v) is 11.5. The number of terminal acetylenes is 3. The standard InChI is InChI=1S/C15H14O3Si/c1-4-12-16-19(17-13-5-2,18-14-6-3)15-10-8-7-9-11-15/h1-3,7-11H,12-14H2. The average molecular weight is 270 g/mol. The number of benzene rings is 1. The summed E-state index contributed by atoms with van der Waals surface area (Å²) >= 11 is 0. The first kappa shape index (κ1) is 15.1. The monoisotopic (exact) mass is 270 g/mol. The zero-order chi connectivity index (χ0) is 14.0. The van der Waals surface area contributed by atoms with Crippen molar-refractivity contribution in [2.24, 2.45) is 0 Å². The molecule has 0 saturated carbocycles. The first-order valence-electron chi connectivity index (χ1n) is 5.57. The Bertz CT molecular complexity index is 459. The van der Waals surface area contributed by atoms with Crippen molar-refractivity contribution >= 4 is 14.0 Å². The van der Waals surface area contributed by atoms with Crippen LogP contribution in [0, 0.1) is 37.0 Å². The van der Waals surface area contributed by atoms with Crippen LogP contribution in [0.5, 0.6) is 0 Å². The van der Waals surface area contributed by atoms with Crippen LogP contribution in [-0.2, 0) is 13.3 Å². The van der Waals surface area contributed by atoms with Gasteiger partial charge in [-0.2, -0.15) is 0 Å². The second-order valence-corrected chi connectivity index (χ2v) is 5.96. The van der Waals surface area contributed by atoms with Gasteiger partial charge in [0.1, 0.15) is 19.8 Å². The van der Waals surface area contributed by atoms with Crippen molar-refractivity contribution in [3.8, 4) is 37.0 Å². The Morgan fingerprint density at radius 2 is 1.21 bits per heavy atom. The third kappa shape index (κ3) is 4.30. The van der Waals surface area contributed by atoms with Gasteiger partial charge in [0, 0.05) is 5.19 Å². The highest BCUT2D eigenvalue weighted by atomic mass is 28.4. The predicted octanol–water partition coefficient (Wildman–Crippen LogP) is 0.782. The third-order valence-corrected chi connectivity index (χ3v) is 4.78. The minimum absolute atomic E-state index is 0.0657. The maximum atomic E-state index is 5.64. The minimum atomic E-state index is -3.16. The molecule has 0 fully saturated rings. The van der Waals surface area contributed by atoms with Gasteiger partial charge in [-0.05, 0) is 0 Å². The smallest absolute Gasteiger partial charge is 0.358 e. The summed E-state index contributed by atoms with van der Waals surface area (Å²) in [5, 5.41) is 0.774. The summed E-state index contributed by atoms with van der Waals surface area (Å²) in [5.41, 5.74) is 0. The zero-order valence-electron chi connectivity index (χ0n) is 10.5. The fourth-order valence-electron chi connectivity index (χ4n) is 1.43. The molecule has 0 aliphatic heterocycles. The van der Waals surface area contributed by atoms with Crippen LogP contribution in [0.25, 0.3) is 0 Å². The quantitative estimate of drug-likeness (QED) is 0.541. The van der Waals surface area contributed by atoms with Gasteiger partial charge in [0.25, 0.3) is 0 Å². The van der Waals surface area contributed by atoms with Gasteiger partial charge in [-0.15, -0.1) is 19.3 Å².